The van der Waals surface area contributed by atoms with Crippen molar-refractivity contribution in [2.24, 2.45) is 5.92 Å². The highest BCUT2D eigenvalue weighted by molar-refractivity contribution is 7.52. The van der Waals surface area contributed by atoms with E-state index in [2.05, 4.69) is 10.6 Å². The maximum absolute atomic E-state index is 11.7. The molecule has 0 aliphatic carbocycles. The van der Waals surface area contributed by atoms with Crippen molar-refractivity contribution in [2.75, 3.05) is 6.54 Å². The lowest BCUT2D eigenvalue weighted by Crippen LogP contribution is -2.46. The zero-order valence-electron chi connectivity index (χ0n) is 9.51. The standard InChI is InChI=1S/C9H19N2O4P/c1-6(2)9(16(13,14)15)11-8(12)7-4-3-5-10-7/h6-7,9-10H,3-5H2,1-2H3,(H,11,12)(H2,13,14,15)/t7-,9?/m0/s1. The van der Waals surface area contributed by atoms with Gasteiger partial charge in [-0.05, 0) is 25.3 Å². The Kier molecular flexibility index (Phi) is 4.50. The molecule has 6 nitrogen and oxygen atoms in total. The lowest BCUT2D eigenvalue weighted by atomic mass is 10.2. The van der Waals surface area contributed by atoms with Gasteiger partial charge in [-0.25, -0.2) is 0 Å². The van der Waals surface area contributed by atoms with E-state index in [1.165, 1.54) is 0 Å². The number of carbonyl (C=O) groups is 1. The van der Waals surface area contributed by atoms with Crippen LogP contribution < -0.4 is 10.6 Å². The molecule has 0 saturated carbocycles. The molecule has 16 heavy (non-hydrogen) atoms. The van der Waals surface area contributed by atoms with Gasteiger partial charge in [0.25, 0.3) is 0 Å². The van der Waals surface area contributed by atoms with E-state index in [1.807, 2.05) is 0 Å². The molecule has 0 spiro atoms. The van der Waals surface area contributed by atoms with Crippen LogP contribution in [-0.2, 0) is 9.36 Å². The van der Waals surface area contributed by atoms with E-state index in [1.54, 1.807) is 13.8 Å². The number of hydrogen-bond donors (Lipinski definition) is 4. The Morgan fingerprint density at radius 3 is 2.50 bits per heavy atom. The summed E-state index contributed by atoms with van der Waals surface area (Å²) in [6.45, 7) is 4.12. The first kappa shape index (κ1) is 13.6. The third kappa shape index (κ3) is 3.56. The van der Waals surface area contributed by atoms with Gasteiger partial charge in [-0.3, -0.25) is 9.36 Å². The molecule has 1 saturated heterocycles. The van der Waals surface area contributed by atoms with E-state index < -0.39 is 13.4 Å². The van der Waals surface area contributed by atoms with E-state index in [0.717, 1.165) is 19.4 Å². The minimum atomic E-state index is -4.29. The highest BCUT2D eigenvalue weighted by Gasteiger charge is 2.35. The Balaban J connectivity index is 2.61. The van der Waals surface area contributed by atoms with Crippen molar-refractivity contribution in [3.05, 3.63) is 0 Å². The molecule has 0 aromatic heterocycles. The molecule has 1 aliphatic heterocycles. The van der Waals surface area contributed by atoms with Gasteiger partial charge in [-0.2, -0.15) is 0 Å². The predicted molar refractivity (Wildman–Crippen MR) is 59.8 cm³/mol. The molecule has 0 bridgehead atoms. The van der Waals surface area contributed by atoms with Crippen LogP contribution in [0.5, 0.6) is 0 Å². The smallest absolute Gasteiger partial charge is 0.340 e. The molecule has 0 radical (unpaired) electrons. The Bertz CT molecular complexity index is 296. The fourth-order valence-corrected chi connectivity index (χ4v) is 2.87. The van der Waals surface area contributed by atoms with Crippen LogP contribution in [0.4, 0.5) is 0 Å². The van der Waals surface area contributed by atoms with Gasteiger partial charge >= 0.3 is 7.60 Å². The van der Waals surface area contributed by atoms with Crippen LogP contribution >= 0.6 is 7.60 Å². The molecule has 1 fully saturated rings. The summed E-state index contributed by atoms with van der Waals surface area (Å²) in [5, 5.41) is 5.42. The van der Waals surface area contributed by atoms with Gasteiger partial charge in [-0.1, -0.05) is 13.8 Å². The average molecular weight is 250 g/mol. The van der Waals surface area contributed by atoms with Gasteiger partial charge in [0.05, 0.1) is 6.04 Å². The summed E-state index contributed by atoms with van der Waals surface area (Å²) in [7, 11) is -4.29. The molecule has 0 aromatic carbocycles. The van der Waals surface area contributed by atoms with Gasteiger partial charge in [0.2, 0.25) is 5.91 Å². The van der Waals surface area contributed by atoms with Crippen molar-refractivity contribution >= 4 is 13.5 Å². The quantitative estimate of drug-likeness (QED) is 0.527. The molecular weight excluding hydrogens is 231 g/mol. The summed E-state index contributed by atoms with van der Waals surface area (Å²) in [6.07, 6.45) is 1.64. The lowest BCUT2D eigenvalue weighted by molar-refractivity contribution is -0.123. The van der Waals surface area contributed by atoms with Crippen LogP contribution in [0.2, 0.25) is 0 Å². The average Bonchev–Trinajstić information content (AvgIpc) is 2.63. The van der Waals surface area contributed by atoms with Crippen molar-refractivity contribution < 1.29 is 19.1 Å². The van der Waals surface area contributed by atoms with Crippen molar-refractivity contribution in [3.8, 4) is 0 Å². The molecule has 4 N–H and O–H groups in total. The fraction of sp³-hybridized carbons (Fsp3) is 0.889. The summed E-state index contributed by atoms with van der Waals surface area (Å²) < 4.78 is 11.2. The van der Waals surface area contributed by atoms with Gasteiger partial charge in [0, 0.05) is 0 Å². The van der Waals surface area contributed by atoms with Crippen molar-refractivity contribution in [1.29, 1.82) is 0 Å². The molecule has 94 valence electrons. The van der Waals surface area contributed by atoms with Crippen LogP contribution in [0.25, 0.3) is 0 Å². The predicted octanol–water partition coefficient (Wildman–Crippen LogP) is 0.0144. The van der Waals surface area contributed by atoms with E-state index >= 15 is 0 Å². The second-order valence-corrected chi connectivity index (χ2v) is 6.17. The molecule has 1 unspecified atom stereocenters. The SMILES string of the molecule is CC(C)C(NC(=O)[C@@H]1CCCN1)P(=O)(O)O. The maximum atomic E-state index is 11.7. The highest BCUT2D eigenvalue weighted by atomic mass is 31.2. The Morgan fingerprint density at radius 2 is 2.12 bits per heavy atom. The Hall–Kier alpha value is -0.420. The molecule has 1 heterocycles. The zero-order valence-corrected chi connectivity index (χ0v) is 10.4. The monoisotopic (exact) mass is 250 g/mol. The second-order valence-electron chi connectivity index (χ2n) is 4.44. The first-order chi connectivity index (χ1) is 7.32. The second kappa shape index (κ2) is 5.27. The third-order valence-corrected chi connectivity index (χ3v) is 4.11. The van der Waals surface area contributed by atoms with Gasteiger partial charge in [0.1, 0.15) is 5.78 Å². The summed E-state index contributed by atoms with van der Waals surface area (Å²) >= 11 is 0. The number of nitrogens with one attached hydrogen (secondary N) is 2. The number of carbonyl (C=O) groups excluding carboxylic acids is 1. The number of hydrogen-bond acceptors (Lipinski definition) is 3. The van der Waals surface area contributed by atoms with Gasteiger partial charge < -0.3 is 20.4 Å². The van der Waals surface area contributed by atoms with E-state index in [0.29, 0.717) is 0 Å². The van der Waals surface area contributed by atoms with Crippen molar-refractivity contribution in [1.82, 2.24) is 10.6 Å². The first-order valence-corrected chi connectivity index (χ1v) is 7.09. The lowest BCUT2D eigenvalue weighted by Gasteiger charge is -2.24. The molecular formula is C9H19N2O4P. The molecule has 2 atom stereocenters. The van der Waals surface area contributed by atoms with Crippen LogP contribution in [0, 0.1) is 5.92 Å². The van der Waals surface area contributed by atoms with Crippen LogP contribution in [-0.4, -0.2) is 34.1 Å². The van der Waals surface area contributed by atoms with Gasteiger partial charge in [0.15, 0.2) is 0 Å². The third-order valence-electron chi connectivity index (χ3n) is 2.66. The normalized spacial score (nSPS) is 23.4. The van der Waals surface area contributed by atoms with Gasteiger partial charge in [-0.15, -0.1) is 0 Å². The van der Waals surface area contributed by atoms with Crippen LogP contribution in [0.3, 0.4) is 0 Å². The summed E-state index contributed by atoms with van der Waals surface area (Å²) in [6, 6.07) is -0.312. The maximum Gasteiger partial charge on any atom is 0.347 e. The highest BCUT2D eigenvalue weighted by Crippen LogP contribution is 2.43. The molecule has 7 heteroatoms. The fourth-order valence-electron chi connectivity index (χ4n) is 1.79. The van der Waals surface area contributed by atoms with Crippen molar-refractivity contribution in [2.45, 2.75) is 38.5 Å². The number of amides is 1. The number of rotatable bonds is 4. The zero-order chi connectivity index (χ0) is 12.3. The topological polar surface area (TPSA) is 98.7 Å². The van der Waals surface area contributed by atoms with Crippen molar-refractivity contribution in [3.63, 3.8) is 0 Å². The Morgan fingerprint density at radius 1 is 1.50 bits per heavy atom. The molecule has 1 rings (SSSR count). The summed E-state index contributed by atoms with van der Waals surface area (Å²) in [4.78, 5) is 29.9. The molecule has 1 amide bonds. The van der Waals surface area contributed by atoms with Crippen LogP contribution in [0.1, 0.15) is 26.7 Å². The van der Waals surface area contributed by atoms with E-state index in [4.69, 9.17) is 9.79 Å². The van der Waals surface area contributed by atoms with Crippen LogP contribution in [0.15, 0.2) is 0 Å². The molecule has 1 aliphatic rings. The minimum Gasteiger partial charge on any atom is -0.340 e. The molecule has 0 aromatic rings. The summed E-state index contributed by atoms with van der Waals surface area (Å²) in [5.41, 5.74) is 0. The minimum absolute atomic E-state index is 0.300. The van der Waals surface area contributed by atoms with E-state index in [9.17, 15) is 9.36 Å². The van der Waals surface area contributed by atoms with E-state index in [-0.39, 0.29) is 17.9 Å². The summed E-state index contributed by atoms with van der Waals surface area (Å²) in [5.74, 6) is -1.71. The first-order valence-electron chi connectivity index (χ1n) is 5.41. The largest absolute Gasteiger partial charge is 0.347 e. The Labute approximate surface area is 95.0 Å².